The highest BCUT2D eigenvalue weighted by Crippen LogP contribution is 2.43. The minimum absolute atomic E-state index is 0.0406. The van der Waals surface area contributed by atoms with Gasteiger partial charge in [-0.15, -0.1) is 0 Å². The summed E-state index contributed by atoms with van der Waals surface area (Å²) < 4.78 is 11.3. The molecule has 0 aliphatic heterocycles. The van der Waals surface area contributed by atoms with Crippen LogP contribution in [-0.2, 0) is 31.6 Å². The van der Waals surface area contributed by atoms with Gasteiger partial charge < -0.3 is 19.4 Å². The lowest BCUT2D eigenvalue weighted by Crippen LogP contribution is -2.47. The molecule has 1 aromatic heterocycles. The summed E-state index contributed by atoms with van der Waals surface area (Å²) >= 11 is 0. The number of rotatable bonds is 6. The Labute approximate surface area is 213 Å². The molecule has 2 aliphatic rings. The lowest BCUT2D eigenvalue weighted by atomic mass is 9.65. The first-order valence-electron chi connectivity index (χ1n) is 12.8. The van der Waals surface area contributed by atoms with Crippen molar-refractivity contribution < 1.29 is 24.2 Å². The average Bonchev–Trinajstić information content (AvgIpc) is 2.86. The number of carbonyl (C=O) groups is 2. The van der Waals surface area contributed by atoms with Gasteiger partial charge in [0.05, 0.1) is 13.2 Å². The van der Waals surface area contributed by atoms with Crippen molar-refractivity contribution in [3.63, 3.8) is 0 Å². The van der Waals surface area contributed by atoms with Crippen LogP contribution in [0.1, 0.15) is 69.7 Å². The first kappa shape index (κ1) is 26.1. The van der Waals surface area contributed by atoms with Crippen molar-refractivity contribution >= 4 is 12.3 Å². The van der Waals surface area contributed by atoms with Gasteiger partial charge in [0.25, 0.3) is 0 Å². The number of hydrogen-bond donors (Lipinski definition) is 1. The minimum atomic E-state index is -1.47. The molecule has 0 unspecified atom stereocenters. The first-order valence-corrected chi connectivity index (χ1v) is 12.8. The zero-order chi connectivity index (χ0) is 25.9. The molecule has 1 N–H and O–H groups in total. The first-order chi connectivity index (χ1) is 17.2. The molecule has 192 valence electrons. The van der Waals surface area contributed by atoms with Crippen LogP contribution < -0.4 is 4.74 Å². The van der Waals surface area contributed by atoms with E-state index in [4.69, 9.17) is 9.47 Å². The highest BCUT2D eigenvalue weighted by Gasteiger charge is 2.47. The van der Waals surface area contributed by atoms with Crippen LogP contribution >= 0.6 is 0 Å². The van der Waals surface area contributed by atoms with Gasteiger partial charge in [0.2, 0.25) is 5.88 Å². The molecule has 0 spiro atoms. The second-order valence-corrected chi connectivity index (χ2v) is 10.8. The van der Waals surface area contributed by atoms with Crippen LogP contribution in [0.2, 0.25) is 0 Å². The molecule has 1 fully saturated rings. The third kappa shape index (κ3) is 4.96. The number of fused-ring (bicyclic) bond motifs is 1. The van der Waals surface area contributed by atoms with Crippen LogP contribution in [0.15, 0.2) is 54.1 Å². The second kappa shape index (κ2) is 10.6. The molecular formula is C30H37NO5. The molecule has 1 saturated carbocycles. The third-order valence-corrected chi connectivity index (χ3v) is 8.12. The predicted molar refractivity (Wildman–Crippen MR) is 138 cm³/mol. The molecule has 1 aromatic carbocycles. The molecule has 2 aliphatic carbocycles. The number of aldehydes is 1. The zero-order valence-electron chi connectivity index (χ0n) is 21.7. The molecule has 36 heavy (non-hydrogen) atoms. The second-order valence-electron chi connectivity index (χ2n) is 10.8. The highest BCUT2D eigenvalue weighted by molar-refractivity contribution is 6.01. The van der Waals surface area contributed by atoms with E-state index in [0.717, 1.165) is 18.4 Å². The van der Waals surface area contributed by atoms with E-state index in [1.807, 2.05) is 25.1 Å². The Morgan fingerprint density at radius 3 is 2.58 bits per heavy atom. The molecule has 0 bridgehead atoms. The van der Waals surface area contributed by atoms with Crippen molar-refractivity contribution in [2.24, 2.45) is 5.92 Å². The monoisotopic (exact) mass is 491 g/mol. The van der Waals surface area contributed by atoms with Crippen molar-refractivity contribution in [1.29, 1.82) is 0 Å². The summed E-state index contributed by atoms with van der Waals surface area (Å²) in [6, 6.07) is 13.7. The number of aryl methyl sites for hydroxylation is 1. The molecule has 2 aromatic rings. The Balaban J connectivity index is 1.55. The van der Waals surface area contributed by atoms with E-state index in [1.165, 1.54) is 5.56 Å². The standard InChI is InChI=1S/C30H37NO5/c1-20-9-8-12-25-23(15-16-27(31-25)35-4)30(18-20,19-32)28(34)36-22-13-14-24(26(33)17-22)29(2,3)21-10-6-5-7-11-21/h5-7,9-11,15-16,19,22,24,26,33H,8,12-14,17-18H2,1-4H3/b20-9-/t22-,24-,26-,30-/m1/s1. The van der Waals surface area contributed by atoms with Gasteiger partial charge in [-0.3, -0.25) is 4.79 Å². The van der Waals surface area contributed by atoms with E-state index in [2.05, 4.69) is 37.0 Å². The van der Waals surface area contributed by atoms with Gasteiger partial charge in [0.15, 0.2) is 5.41 Å². The smallest absolute Gasteiger partial charge is 0.324 e. The number of allylic oxidation sites excluding steroid dienone is 2. The van der Waals surface area contributed by atoms with Crippen molar-refractivity contribution in [2.45, 2.75) is 82.3 Å². The van der Waals surface area contributed by atoms with Crippen LogP contribution in [0.3, 0.4) is 0 Å². The molecule has 1 heterocycles. The maximum atomic E-state index is 13.7. The normalized spacial score (nSPS) is 28.0. The van der Waals surface area contributed by atoms with Gasteiger partial charge in [-0.05, 0) is 61.5 Å². The third-order valence-electron chi connectivity index (χ3n) is 8.12. The van der Waals surface area contributed by atoms with E-state index < -0.39 is 23.6 Å². The lowest BCUT2D eigenvalue weighted by molar-refractivity contribution is -0.162. The molecule has 0 radical (unpaired) electrons. The fourth-order valence-corrected chi connectivity index (χ4v) is 5.99. The summed E-state index contributed by atoms with van der Waals surface area (Å²) in [6.07, 6.45) is 5.04. The summed E-state index contributed by atoms with van der Waals surface area (Å²) in [5.41, 5.74) is 1.71. The number of nitrogens with zero attached hydrogens (tertiary/aromatic N) is 1. The van der Waals surface area contributed by atoms with Crippen LogP contribution in [0.4, 0.5) is 0 Å². The summed E-state index contributed by atoms with van der Waals surface area (Å²) in [4.78, 5) is 30.9. The Hall–Kier alpha value is -2.99. The molecule has 0 saturated heterocycles. The number of benzene rings is 1. The molecule has 0 amide bonds. The number of aromatic nitrogens is 1. The maximum Gasteiger partial charge on any atom is 0.324 e. The fourth-order valence-electron chi connectivity index (χ4n) is 5.99. The maximum absolute atomic E-state index is 13.7. The molecular weight excluding hydrogens is 454 g/mol. The SMILES string of the molecule is COc1ccc2c(n1)CC/C=C(/C)C[C@]2(C=O)C(=O)O[C@@H]1CC[C@@H](C(C)(C)c2ccccc2)[C@H](O)C1. The van der Waals surface area contributed by atoms with E-state index >= 15 is 0 Å². The zero-order valence-corrected chi connectivity index (χ0v) is 21.7. The Morgan fingerprint density at radius 2 is 1.92 bits per heavy atom. The van der Waals surface area contributed by atoms with Crippen LogP contribution in [-0.4, -0.2) is 41.7 Å². The number of methoxy groups -OCH3 is 1. The number of ether oxygens (including phenoxy) is 2. The molecule has 4 atom stereocenters. The lowest BCUT2D eigenvalue weighted by Gasteiger charge is -2.43. The predicted octanol–water partition coefficient (Wildman–Crippen LogP) is 4.86. The van der Waals surface area contributed by atoms with Crippen LogP contribution in [0.5, 0.6) is 5.88 Å². The van der Waals surface area contributed by atoms with Crippen molar-refractivity contribution in [3.05, 3.63) is 70.9 Å². The Kier molecular flexibility index (Phi) is 7.65. The van der Waals surface area contributed by atoms with Gasteiger partial charge >= 0.3 is 5.97 Å². The van der Waals surface area contributed by atoms with Gasteiger partial charge in [-0.25, -0.2) is 4.98 Å². The van der Waals surface area contributed by atoms with E-state index in [-0.39, 0.29) is 17.8 Å². The number of aliphatic hydroxyl groups excluding tert-OH is 1. The summed E-state index contributed by atoms with van der Waals surface area (Å²) in [5.74, 6) is -0.0807. The summed E-state index contributed by atoms with van der Waals surface area (Å²) in [5, 5.41) is 11.1. The van der Waals surface area contributed by atoms with E-state index in [1.54, 1.807) is 19.2 Å². The van der Waals surface area contributed by atoms with Crippen molar-refractivity contribution in [2.75, 3.05) is 7.11 Å². The van der Waals surface area contributed by atoms with E-state index in [0.29, 0.717) is 42.7 Å². The van der Waals surface area contributed by atoms with Crippen molar-refractivity contribution in [3.8, 4) is 5.88 Å². The highest BCUT2D eigenvalue weighted by atomic mass is 16.5. The number of pyridine rings is 1. The molecule has 6 heteroatoms. The van der Waals surface area contributed by atoms with E-state index in [9.17, 15) is 14.7 Å². The van der Waals surface area contributed by atoms with Crippen LogP contribution in [0.25, 0.3) is 0 Å². The van der Waals surface area contributed by atoms with Crippen molar-refractivity contribution in [1.82, 2.24) is 4.98 Å². The fraction of sp³-hybridized carbons (Fsp3) is 0.500. The van der Waals surface area contributed by atoms with Gasteiger partial charge in [-0.1, -0.05) is 61.9 Å². The average molecular weight is 492 g/mol. The minimum Gasteiger partial charge on any atom is -0.481 e. The van der Waals surface area contributed by atoms with Gasteiger partial charge in [-0.2, -0.15) is 0 Å². The van der Waals surface area contributed by atoms with Gasteiger partial charge in [0, 0.05) is 18.2 Å². The number of hydrogen-bond acceptors (Lipinski definition) is 6. The number of carbonyl (C=O) groups excluding carboxylic acids is 2. The molecule has 4 rings (SSSR count). The van der Waals surface area contributed by atoms with Gasteiger partial charge in [0.1, 0.15) is 12.4 Å². The summed E-state index contributed by atoms with van der Waals surface area (Å²) in [6.45, 7) is 6.26. The number of aliphatic hydroxyl groups is 1. The van der Waals surface area contributed by atoms with Crippen LogP contribution in [0, 0.1) is 5.92 Å². The quantitative estimate of drug-likeness (QED) is 0.269. The Morgan fingerprint density at radius 1 is 1.17 bits per heavy atom. The Bertz CT molecular complexity index is 1130. The largest absolute Gasteiger partial charge is 0.481 e. The molecule has 6 nitrogen and oxygen atoms in total. The number of esters is 1. The summed E-state index contributed by atoms with van der Waals surface area (Å²) in [7, 11) is 1.55. The topological polar surface area (TPSA) is 85.7 Å².